The third-order valence-electron chi connectivity index (χ3n) is 5.57. The second-order valence-corrected chi connectivity index (χ2v) is 8.95. The van der Waals surface area contributed by atoms with Gasteiger partial charge in [-0.2, -0.15) is 0 Å². The van der Waals surface area contributed by atoms with E-state index in [1.807, 2.05) is 72.8 Å². The van der Waals surface area contributed by atoms with E-state index in [2.05, 4.69) is 4.98 Å². The predicted octanol–water partition coefficient (Wildman–Crippen LogP) is 3.24. The summed E-state index contributed by atoms with van der Waals surface area (Å²) in [4.78, 5) is 43.3. The number of nitrogens with zero attached hydrogens (tertiary/aromatic N) is 2. The minimum absolute atomic E-state index is 0.0475. The number of ether oxygens (including phenoxy) is 1. The van der Waals surface area contributed by atoms with Crippen LogP contribution in [-0.4, -0.2) is 34.9 Å². The third-order valence-corrected chi connectivity index (χ3v) is 6.55. The van der Waals surface area contributed by atoms with Gasteiger partial charge in [-0.05, 0) is 28.5 Å². The number of hydrogen-bond donors (Lipinski definition) is 2. The Morgan fingerprint density at radius 1 is 1.03 bits per heavy atom. The predicted molar refractivity (Wildman–Crippen MR) is 140 cm³/mol. The van der Waals surface area contributed by atoms with Crippen LogP contribution in [0.2, 0.25) is 0 Å². The molecule has 4 aromatic rings. The van der Waals surface area contributed by atoms with E-state index in [1.165, 1.54) is 28.3 Å². The Labute approximate surface area is 206 Å². The number of nitrogens with two attached hydrogens (primary N) is 1. The first-order valence-electron chi connectivity index (χ1n) is 11.1. The van der Waals surface area contributed by atoms with E-state index in [4.69, 9.17) is 10.5 Å². The van der Waals surface area contributed by atoms with Crippen LogP contribution in [-0.2, 0) is 22.6 Å². The summed E-state index contributed by atoms with van der Waals surface area (Å²) in [6.45, 7) is 0.498. The lowest BCUT2D eigenvalue weighted by atomic mass is 10.1. The average Bonchev–Trinajstić information content (AvgIpc) is 2.87. The monoisotopic (exact) mass is 490 g/mol. The van der Waals surface area contributed by atoms with Crippen LogP contribution in [0.15, 0.2) is 87.3 Å². The van der Waals surface area contributed by atoms with Gasteiger partial charge in [0.15, 0.2) is 5.69 Å². The molecule has 0 bridgehead atoms. The molecule has 0 unspecified atom stereocenters. The Balaban J connectivity index is 1.66. The third kappa shape index (κ3) is 5.64. The van der Waals surface area contributed by atoms with Crippen LogP contribution in [0.3, 0.4) is 0 Å². The van der Waals surface area contributed by atoms with Crippen molar-refractivity contribution in [2.45, 2.75) is 18.0 Å². The summed E-state index contributed by atoms with van der Waals surface area (Å²) < 4.78 is 6.27. The van der Waals surface area contributed by atoms with Crippen LogP contribution in [0, 0.1) is 0 Å². The fraction of sp³-hybridized carbons (Fsp3) is 0.192. The normalized spacial score (nSPS) is 11.0. The first-order chi connectivity index (χ1) is 17.0. The van der Waals surface area contributed by atoms with E-state index in [0.29, 0.717) is 0 Å². The number of anilines is 2. The zero-order valence-electron chi connectivity index (χ0n) is 19.3. The molecule has 9 heteroatoms. The molecule has 0 fully saturated rings. The van der Waals surface area contributed by atoms with Crippen LogP contribution in [0.1, 0.15) is 5.56 Å². The molecule has 1 aromatic heterocycles. The molecule has 3 aromatic carbocycles. The zero-order valence-corrected chi connectivity index (χ0v) is 20.1. The molecule has 3 N–H and O–H groups in total. The number of H-pyrrole nitrogens is 1. The lowest BCUT2D eigenvalue weighted by Gasteiger charge is -2.24. The number of fused-ring (bicyclic) bond motifs is 1. The van der Waals surface area contributed by atoms with E-state index >= 15 is 0 Å². The van der Waals surface area contributed by atoms with Gasteiger partial charge in [-0.1, -0.05) is 60.7 Å². The summed E-state index contributed by atoms with van der Waals surface area (Å²) in [6, 6.07) is 23.3. The van der Waals surface area contributed by atoms with Gasteiger partial charge in [0.05, 0.1) is 25.4 Å². The molecular formula is C26H26N4O4S. The molecule has 1 amide bonds. The van der Waals surface area contributed by atoms with E-state index in [1.54, 1.807) is 0 Å². The van der Waals surface area contributed by atoms with E-state index in [-0.39, 0.29) is 42.9 Å². The number of thioether (sulfide) groups is 1. The highest BCUT2D eigenvalue weighted by Crippen LogP contribution is 2.26. The van der Waals surface area contributed by atoms with Crippen molar-refractivity contribution in [1.29, 1.82) is 0 Å². The molecule has 0 radical (unpaired) electrons. The van der Waals surface area contributed by atoms with Gasteiger partial charge in [0.25, 0.3) is 5.56 Å². The van der Waals surface area contributed by atoms with E-state index in [9.17, 15) is 14.4 Å². The molecule has 0 spiro atoms. The Kier molecular flexibility index (Phi) is 7.69. The SMILES string of the molecule is COCCn1c(N)c(N(Cc2ccccc2)C(=O)CSc2ccc3ccccc3c2)c(=O)[nH]c1=O. The molecular weight excluding hydrogens is 464 g/mol. The van der Waals surface area contributed by atoms with Crippen molar-refractivity contribution in [3.8, 4) is 0 Å². The number of carbonyl (C=O) groups excluding carboxylic acids is 1. The molecule has 180 valence electrons. The molecule has 0 aliphatic heterocycles. The lowest BCUT2D eigenvalue weighted by Crippen LogP contribution is -2.41. The average molecular weight is 491 g/mol. The van der Waals surface area contributed by atoms with Gasteiger partial charge in [-0.25, -0.2) is 4.79 Å². The fourth-order valence-corrected chi connectivity index (χ4v) is 4.60. The first kappa shape index (κ1) is 24.3. The van der Waals surface area contributed by atoms with Crippen molar-refractivity contribution in [3.05, 3.63) is 99.2 Å². The summed E-state index contributed by atoms with van der Waals surface area (Å²) in [5.41, 5.74) is 5.70. The smallest absolute Gasteiger partial charge is 0.330 e. The van der Waals surface area contributed by atoms with Crippen LogP contribution in [0.4, 0.5) is 11.5 Å². The number of aromatic nitrogens is 2. The van der Waals surface area contributed by atoms with Gasteiger partial charge in [-0.3, -0.25) is 24.0 Å². The highest BCUT2D eigenvalue weighted by atomic mass is 32.2. The van der Waals surface area contributed by atoms with Crippen molar-refractivity contribution >= 4 is 39.9 Å². The second kappa shape index (κ2) is 11.1. The number of carbonyl (C=O) groups is 1. The number of methoxy groups -OCH3 is 1. The van der Waals surface area contributed by atoms with Gasteiger partial charge in [-0.15, -0.1) is 11.8 Å². The summed E-state index contributed by atoms with van der Waals surface area (Å²) in [5.74, 6) is -0.293. The standard InChI is InChI=1S/C26H26N4O4S/c1-34-14-13-29-24(27)23(25(32)28-26(29)33)30(16-18-7-3-2-4-8-18)22(31)17-35-21-12-11-19-9-5-6-10-20(19)15-21/h2-12,15H,13-14,16-17,27H2,1H3,(H,28,32,33). The summed E-state index contributed by atoms with van der Waals surface area (Å²) in [5, 5.41) is 2.20. The summed E-state index contributed by atoms with van der Waals surface area (Å²) in [7, 11) is 1.50. The van der Waals surface area contributed by atoms with Crippen LogP contribution >= 0.6 is 11.8 Å². The molecule has 1 heterocycles. The van der Waals surface area contributed by atoms with E-state index < -0.39 is 11.2 Å². The summed E-state index contributed by atoms with van der Waals surface area (Å²) >= 11 is 1.38. The molecule has 0 saturated carbocycles. The Morgan fingerprint density at radius 3 is 2.49 bits per heavy atom. The highest BCUT2D eigenvalue weighted by molar-refractivity contribution is 8.00. The van der Waals surface area contributed by atoms with Crippen molar-refractivity contribution in [1.82, 2.24) is 9.55 Å². The summed E-state index contributed by atoms with van der Waals surface area (Å²) in [6.07, 6.45) is 0. The van der Waals surface area contributed by atoms with Gasteiger partial charge in [0.2, 0.25) is 5.91 Å². The number of hydrogen-bond acceptors (Lipinski definition) is 6. The quantitative estimate of drug-likeness (QED) is 0.349. The minimum atomic E-state index is -0.707. The largest absolute Gasteiger partial charge is 0.383 e. The maximum absolute atomic E-state index is 13.5. The van der Waals surface area contributed by atoms with Gasteiger partial charge >= 0.3 is 5.69 Å². The topological polar surface area (TPSA) is 110 Å². The molecule has 35 heavy (non-hydrogen) atoms. The van der Waals surface area contributed by atoms with Crippen molar-refractivity contribution in [2.24, 2.45) is 0 Å². The Morgan fingerprint density at radius 2 is 1.74 bits per heavy atom. The maximum atomic E-state index is 13.5. The van der Waals surface area contributed by atoms with Crippen LogP contribution in [0.5, 0.6) is 0 Å². The van der Waals surface area contributed by atoms with Crippen molar-refractivity contribution < 1.29 is 9.53 Å². The molecule has 0 aliphatic rings. The number of nitrogen functional groups attached to an aromatic ring is 1. The Hall–Kier alpha value is -3.82. The fourth-order valence-electron chi connectivity index (χ4n) is 3.78. The number of aromatic amines is 1. The van der Waals surface area contributed by atoms with Crippen LogP contribution < -0.4 is 21.9 Å². The lowest BCUT2D eigenvalue weighted by molar-refractivity contribution is -0.116. The van der Waals surface area contributed by atoms with Gasteiger partial charge < -0.3 is 10.5 Å². The second-order valence-electron chi connectivity index (χ2n) is 7.90. The van der Waals surface area contributed by atoms with Crippen LogP contribution in [0.25, 0.3) is 10.8 Å². The number of benzene rings is 3. The van der Waals surface area contributed by atoms with Gasteiger partial charge in [0.1, 0.15) is 5.82 Å². The molecule has 0 saturated heterocycles. The number of amides is 1. The van der Waals surface area contributed by atoms with Crippen molar-refractivity contribution in [2.75, 3.05) is 30.1 Å². The number of nitrogens with one attached hydrogen (secondary N) is 1. The van der Waals surface area contributed by atoms with E-state index in [0.717, 1.165) is 21.2 Å². The Bertz CT molecular complexity index is 1450. The highest BCUT2D eigenvalue weighted by Gasteiger charge is 2.24. The van der Waals surface area contributed by atoms with Crippen molar-refractivity contribution in [3.63, 3.8) is 0 Å². The molecule has 8 nitrogen and oxygen atoms in total. The zero-order chi connectivity index (χ0) is 24.8. The first-order valence-corrected chi connectivity index (χ1v) is 12.0. The molecule has 0 aliphatic carbocycles. The number of rotatable bonds is 9. The maximum Gasteiger partial charge on any atom is 0.330 e. The molecule has 4 rings (SSSR count). The minimum Gasteiger partial charge on any atom is -0.383 e. The molecule has 0 atom stereocenters. The van der Waals surface area contributed by atoms with Gasteiger partial charge in [0, 0.05) is 12.0 Å².